The molecule has 0 aliphatic carbocycles. The van der Waals surface area contributed by atoms with Crippen molar-refractivity contribution in [1.29, 1.82) is 0 Å². The molecule has 2 N–H and O–H groups in total. The van der Waals surface area contributed by atoms with Crippen LogP contribution in [0.2, 0.25) is 0 Å². The van der Waals surface area contributed by atoms with Crippen molar-refractivity contribution in [3.63, 3.8) is 0 Å². The van der Waals surface area contributed by atoms with Gasteiger partial charge >= 0.3 is 0 Å². The van der Waals surface area contributed by atoms with Crippen molar-refractivity contribution in [2.24, 2.45) is 4.99 Å². The van der Waals surface area contributed by atoms with Crippen LogP contribution in [0.1, 0.15) is 36.4 Å². The van der Waals surface area contributed by atoms with Gasteiger partial charge in [-0.25, -0.2) is 8.78 Å². The summed E-state index contributed by atoms with van der Waals surface area (Å²) in [7, 11) is 1.67. The van der Waals surface area contributed by atoms with Crippen LogP contribution in [0.5, 0.6) is 0 Å². The maximum absolute atomic E-state index is 13.6. The highest BCUT2D eigenvalue weighted by atomic mass is 127. The zero-order valence-electron chi connectivity index (χ0n) is 15.2. The fourth-order valence-corrected chi connectivity index (χ4v) is 2.57. The summed E-state index contributed by atoms with van der Waals surface area (Å²) >= 11 is 0. The highest BCUT2D eigenvalue weighted by Crippen LogP contribution is 2.15. The van der Waals surface area contributed by atoms with Crippen molar-refractivity contribution >= 4 is 29.9 Å². The number of aryl methyl sites for hydroxylation is 2. The average molecular weight is 478 g/mol. The van der Waals surface area contributed by atoms with E-state index in [4.69, 9.17) is 4.52 Å². The number of guanidine groups is 1. The van der Waals surface area contributed by atoms with Crippen molar-refractivity contribution in [3.8, 4) is 0 Å². The Morgan fingerprint density at radius 1 is 1.19 bits per heavy atom. The summed E-state index contributed by atoms with van der Waals surface area (Å²) in [5, 5.41) is 10.4. The summed E-state index contributed by atoms with van der Waals surface area (Å²) in [6.45, 7) is 5.09. The first kappa shape index (κ1) is 22.3. The fourth-order valence-electron chi connectivity index (χ4n) is 2.57. The van der Waals surface area contributed by atoms with Crippen molar-refractivity contribution in [2.75, 3.05) is 13.6 Å². The van der Waals surface area contributed by atoms with Gasteiger partial charge in [0.2, 0.25) is 0 Å². The van der Waals surface area contributed by atoms with Crippen LogP contribution in [-0.4, -0.2) is 24.7 Å². The van der Waals surface area contributed by atoms with Crippen LogP contribution >= 0.6 is 24.0 Å². The fraction of sp³-hybridized carbons (Fsp3) is 0.444. The molecule has 1 heterocycles. The Morgan fingerprint density at radius 3 is 2.58 bits per heavy atom. The SMILES string of the molecule is CCc1noc(CC)c1CNC(=NC)NCCc1ccc(F)cc1F.I. The van der Waals surface area contributed by atoms with Crippen LogP contribution in [-0.2, 0) is 25.8 Å². The van der Waals surface area contributed by atoms with Crippen LogP contribution in [0.25, 0.3) is 0 Å². The molecule has 0 radical (unpaired) electrons. The van der Waals surface area contributed by atoms with Crippen molar-refractivity contribution < 1.29 is 13.3 Å². The second kappa shape index (κ2) is 11.1. The van der Waals surface area contributed by atoms with E-state index in [0.717, 1.165) is 35.9 Å². The van der Waals surface area contributed by atoms with E-state index in [2.05, 4.69) is 20.8 Å². The van der Waals surface area contributed by atoms with Gasteiger partial charge < -0.3 is 15.2 Å². The van der Waals surface area contributed by atoms with Gasteiger partial charge in [-0.1, -0.05) is 25.1 Å². The normalized spacial score (nSPS) is 11.2. The Hall–Kier alpha value is -1.71. The number of benzene rings is 1. The van der Waals surface area contributed by atoms with E-state index in [1.54, 1.807) is 7.05 Å². The van der Waals surface area contributed by atoms with Crippen molar-refractivity contribution in [3.05, 3.63) is 52.4 Å². The number of aromatic nitrogens is 1. The first-order chi connectivity index (χ1) is 12.1. The molecule has 2 aromatic rings. The molecule has 0 unspecified atom stereocenters. The third kappa shape index (κ3) is 5.93. The first-order valence-electron chi connectivity index (χ1n) is 8.43. The molecule has 0 aliphatic rings. The van der Waals surface area contributed by atoms with E-state index in [0.29, 0.717) is 31.0 Å². The Kier molecular flexibility index (Phi) is 9.53. The molecule has 2 rings (SSSR count). The minimum absolute atomic E-state index is 0. The van der Waals surface area contributed by atoms with E-state index in [9.17, 15) is 8.78 Å². The van der Waals surface area contributed by atoms with Gasteiger partial charge in [-0.3, -0.25) is 4.99 Å². The van der Waals surface area contributed by atoms with E-state index in [1.165, 1.54) is 12.1 Å². The van der Waals surface area contributed by atoms with Gasteiger partial charge in [-0.2, -0.15) is 0 Å². The van der Waals surface area contributed by atoms with Gasteiger partial charge in [-0.05, 0) is 24.5 Å². The summed E-state index contributed by atoms with van der Waals surface area (Å²) in [6, 6.07) is 3.61. The zero-order valence-corrected chi connectivity index (χ0v) is 17.6. The molecule has 0 spiro atoms. The highest BCUT2D eigenvalue weighted by molar-refractivity contribution is 14.0. The molecule has 1 aromatic heterocycles. The Balaban J connectivity index is 0.00000338. The molecule has 0 aliphatic heterocycles. The van der Waals surface area contributed by atoms with Crippen LogP contribution in [0.4, 0.5) is 8.78 Å². The number of nitrogens with one attached hydrogen (secondary N) is 2. The van der Waals surface area contributed by atoms with Crippen molar-refractivity contribution in [1.82, 2.24) is 15.8 Å². The molecule has 144 valence electrons. The zero-order chi connectivity index (χ0) is 18.2. The molecule has 5 nitrogen and oxygen atoms in total. The van der Waals surface area contributed by atoms with Gasteiger partial charge in [0.1, 0.15) is 17.4 Å². The van der Waals surface area contributed by atoms with Crippen LogP contribution < -0.4 is 10.6 Å². The smallest absolute Gasteiger partial charge is 0.191 e. The summed E-state index contributed by atoms with van der Waals surface area (Å²) in [5.74, 6) is 0.370. The topological polar surface area (TPSA) is 62.5 Å². The minimum Gasteiger partial charge on any atom is -0.361 e. The van der Waals surface area contributed by atoms with Crippen LogP contribution in [0.3, 0.4) is 0 Å². The summed E-state index contributed by atoms with van der Waals surface area (Å²) in [6.07, 6.45) is 2.01. The number of hydrogen-bond acceptors (Lipinski definition) is 3. The number of rotatable bonds is 7. The highest BCUT2D eigenvalue weighted by Gasteiger charge is 2.13. The number of halogens is 3. The molecule has 1 aromatic carbocycles. The van der Waals surface area contributed by atoms with Gasteiger partial charge in [0.15, 0.2) is 5.96 Å². The number of aliphatic imine (C=N–C) groups is 1. The molecular formula is C18H25F2IN4O. The number of nitrogens with zero attached hydrogens (tertiary/aromatic N) is 2. The maximum atomic E-state index is 13.6. The Labute approximate surface area is 169 Å². The molecule has 0 bridgehead atoms. The predicted octanol–water partition coefficient (Wildman–Crippen LogP) is 3.60. The third-order valence-corrected chi connectivity index (χ3v) is 3.97. The Bertz CT molecular complexity index is 712. The lowest BCUT2D eigenvalue weighted by molar-refractivity contribution is 0.380. The molecule has 0 atom stereocenters. The summed E-state index contributed by atoms with van der Waals surface area (Å²) in [4.78, 5) is 4.16. The molecular weight excluding hydrogens is 453 g/mol. The second-order valence-electron chi connectivity index (χ2n) is 5.58. The lowest BCUT2D eigenvalue weighted by atomic mass is 10.1. The predicted molar refractivity (Wildman–Crippen MR) is 109 cm³/mol. The molecule has 26 heavy (non-hydrogen) atoms. The molecule has 0 fully saturated rings. The first-order valence-corrected chi connectivity index (χ1v) is 8.43. The van der Waals surface area contributed by atoms with Crippen molar-refractivity contribution in [2.45, 2.75) is 39.7 Å². The van der Waals surface area contributed by atoms with E-state index < -0.39 is 11.6 Å². The molecule has 0 saturated carbocycles. The lowest BCUT2D eigenvalue weighted by Crippen LogP contribution is -2.38. The van der Waals surface area contributed by atoms with Gasteiger partial charge in [0.25, 0.3) is 0 Å². The average Bonchev–Trinajstić information content (AvgIpc) is 3.01. The monoisotopic (exact) mass is 478 g/mol. The lowest BCUT2D eigenvalue weighted by Gasteiger charge is -2.12. The van der Waals surface area contributed by atoms with Gasteiger partial charge in [0, 0.05) is 38.2 Å². The van der Waals surface area contributed by atoms with E-state index in [-0.39, 0.29) is 24.0 Å². The van der Waals surface area contributed by atoms with Gasteiger partial charge in [0.05, 0.1) is 5.69 Å². The maximum Gasteiger partial charge on any atom is 0.191 e. The summed E-state index contributed by atoms with van der Waals surface area (Å²) in [5.41, 5.74) is 2.45. The quantitative estimate of drug-likeness (QED) is 0.363. The van der Waals surface area contributed by atoms with Gasteiger partial charge in [-0.15, -0.1) is 24.0 Å². The second-order valence-corrected chi connectivity index (χ2v) is 5.58. The standard InChI is InChI=1S/C18H24F2N4O.HI/c1-4-16-14(17(5-2)25-24-16)11-23-18(21-3)22-9-8-12-6-7-13(19)10-15(12)20;/h6-7,10H,4-5,8-9,11H2,1-3H3,(H2,21,22,23);1H. The molecule has 0 saturated heterocycles. The third-order valence-electron chi connectivity index (χ3n) is 3.97. The Morgan fingerprint density at radius 2 is 1.96 bits per heavy atom. The molecule has 8 heteroatoms. The van der Waals surface area contributed by atoms with E-state index >= 15 is 0 Å². The summed E-state index contributed by atoms with van der Waals surface area (Å²) < 4.78 is 31.9. The van der Waals surface area contributed by atoms with Crippen LogP contribution in [0, 0.1) is 11.6 Å². The largest absolute Gasteiger partial charge is 0.361 e. The minimum atomic E-state index is -0.570. The number of hydrogen-bond donors (Lipinski definition) is 2. The van der Waals surface area contributed by atoms with E-state index in [1.807, 2.05) is 13.8 Å². The molecule has 0 amide bonds. The van der Waals surface area contributed by atoms with Crippen LogP contribution in [0.15, 0.2) is 27.7 Å².